The highest BCUT2D eigenvalue weighted by atomic mass is 35.5. The Hall–Kier alpha value is -1.33. The Balaban J connectivity index is 0.00000480. The van der Waals surface area contributed by atoms with Crippen LogP contribution in [0.1, 0.15) is 32.6 Å². The summed E-state index contributed by atoms with van der Waals surface area (Å²) in [6.07, 6.45) is 4.25. The molecule has 0 saturated carbocycles. The molecule has 12 heteroatoms. The number of halogens is 2. The summed E-state index contributed by atoms with van der Waals surface area (Å²) in [6, 6.07) is -0.137. The fourth-order valence-electron chi connectivity index (χ4n) is 3.80. The number of carbonyl (C=O) groups is 3. The summed E-state index contributed by atoms with van der Waals surface area (Å²) in [5.74, 6) is -0.306. The average molecular weight is 500 g/mol. The summed E-state index contributed by atoms with van der Waals surface area (Å²) < 4.78 is 11.0. The second-order valence-corrected chi connectivity index (χ2v) is 7.93. The number of nitrogens with zero attached hydrogens (tertiary/aromatic N) is 2. The Bertz CT molecular complexity index is 558. The molecule has 0 atom stereocenters. The number of urea groups is 1. The third kappa shape index (κ3) is 12.1. The Labute approximate surface area is 203 Å². The summed E-state index contributed by atoms with van der Waals surface area (Å²) in [7, 11) is 0. The normalized spacial score (nSPS) is 17.2. The van der Waals surface area contributed by atoms with Gasteiger partial charge in [0.1, 0.15) is 0 Å². The summed E-state index contributed by atoms with van der Waals surface area (Å²) in [5.41, 5.74) is 5.23. The van der Waals surface area contributed by atoms with Gasteiger partial charge in [0.05, 0.1) is 25.8 Å². The predicted molar refractivity (Wildman–Crippen MR) is 126 cm³/mol. The van der Waals surface area contributed by atoms with E-state index in [4.69, 9.17) is 15.2 Å². The van der Waals surface area contributed by atoms with Crippen molar-refractivity contribution in [3.05, 3.63) is 0 Å². The highest BCUT2D eigenvalue weighted by Crippen LogP contribution is 2.18. The SMILES string of the molecule is CCOC(=O)CN(CCNC(=O)N1CCC(OCC2CCNCC2)CC1)CC(N)=O.Cl.Cl. The number of amides is 3. The molecule has 0 aromatic rings. The first kappa shape index (κ1) is 30.7. The van der Waals surface area contributed by atoms with Crippen LogP contribution in [-0.4, -0.2) is 99.4 Å². The zero-order valence-electron chi connectivity index (χ0n) is 18.9. The van der Waals surface area contributed by atoms with Gasteiger partial charge in [0, 0.05) is 32.8 Å². The van der Waals surface area contributed by atoms with Gasteiger partial charge in [-0.15, -0.1) is 24.8 Å². The minimum Gasteiger partial charge on any atom is -0.465 e. The van der Waals surface area contributed by atoms with E-state index in [-0.39, 0.29) is 56.6 Å². The van der Waals surface area contributed by atoms with Crippen molar-refractivity contribution in [3.63, 3.8) is 0 Å². The third-order valence-corrected chi connectivity index (χ3v) is 5.50. The number of ether oxygens (including phenoxy) is 2. The number of rotatable bonds is 11. The van der Waals surface area contributed by atoms with Crippen LogP contribution in [0.3, 0.4) is 0 Å². The Morgan fingerprint density at radius 3 is 2.34 bits per heavy atom. The molecule has 4 N–H and O–H groups in total. The molecule has 0 aliphatic carbocycles. The Kier molecular flexibility index (Phi) is 16.5. The number of piperidine rings is 2. The van der Waals surface area contributed by atoms with Gasteiger partial charge in [-0.3, -0.25) is 14.5 Å². The third-order valence-electron chi connectivity index (χ3n) is 5.50. The number of nitrogens with two attached hydrogens (primary N) is 1. The zero-order chi connectivity index (χ0) is 21.8. The lowest BCUT2D eigenvalue weighted by atomic mass is 9.99. The van der Waals surface area contributed by atoms with Gasteiger partial charge in [-0.2, -0.15) is 0 Å². The van der Waals surface area contributed by atoms with Crippen LogP contribution in [0.25, 0.3) is 0 Å². The average Bonchev–Trinajstić information content (AvgIpc) is 2.73. The number of primary amides is 1. The van der Waals surface area contributed by atoms with Gasteiger partial charge in [0.15, 0.2) is 0 Å². The molecule has 2 rings (SSSR count). The molecule has 10 nitrogen and oxygen atoms in total. The molecule has 32 heavy (non-hydrogen) atoms. The van der Waals surface area contributed by atoms with Crippen molar-refractivity contribution in [2.75, 3.05) is 65.6 Å². The molecular weight excluding hydrogens is 461 g/mol. The molecule has 0 aromatic carbocycles. The fourth-order valence-corrected chi connectivity index (χ4v) is 3.80. The molecule has 2 aliphatic rings. The molecule has 2 fully saturated rings. The largest absolute Gasteiger partial charge is 0.465 e. The van der Waals surface area contributed by atoms with E-state index in [1.807, 2.05) is 0 Å². The van der Waals surface area contributed by atoms with Crippen molar-refractivity contribution in [2.45, 2.75) is 38.7 Å². The minimum absolute atomic E-state index is 0. The van der Waals surface area contributed by atoms with Crippen LogP contribution in [0.5, 0.6) is 0 Å². The van der Waals surface area contributed by atoms with Gasteiger partial charge < -0.3 is 30.7 Å². The predicted octanol–water partition coefficient (Wildman–Crippen LogP) is 0.371. The van der Waals surface area contributed by atoms with Gasteiger partial charge in [0.25, 0.3) is 0 Å². The Morgan fingerprint density at radius 1 is 1.09 bits per heavy atom. The number of carbonyl (C=O) groups excluding carboxylic acids is 3. The van der Waals surface area contributed by atoms with E-state index in [1.165, 1.54) is 12.8 Å². The van der Waals surface area contributed by atoms with Crippen molar-refractivity contribution in [1.82, 2.24) is 20.4 Å². The van der Waals surface area contributed by atoms with Crippen LogP contribution in [0.2, 0.25) is 0 Å². The summed E-state index contributed by atoms with van der Waals surface area (Å²) in [5, 5.41) is 6.22. The van der Waals surface area contributed by atoms with Crippen molar-refractivity contribution in [2.24, 2.45) is 11.7 Å². The maximum absolute atomic E-state index is 12.4. The van der Waals surface area contributed by atoms with Crippen LogP contribution >= 0.6 is 24.8 Å². The molecular formula is C20H39Cl2N5O5. The Morgan fingerprint density at radius 2 is 1.75 bits per heavy atom. The molecule has 0 aromatic heterocycles. The lowest BCUT2D eigenvalue weighted by Gasteiger charge is -2.33. The van der Waals surface area contributed by atoms with Gasteiger partial charge in [-0.1, -0.05) is 0 Å². The maximum atomic E-state index is 12.4. The second kappa shape index (κ2) is 17.2. The molecule has 0 spiro atoms. The highest BCUT2D eigenvalue weighted by Gasteiger charge is 2.24. The van der Waals surface area contributed by atoms with Gasteiger partial charge in [-0.05, 0) is 51.6 Å². The molecule has 3 amide bonds. The number of nitrogens with one attached hydrogen (secondary N) is 2. The van der Waals surface area contributed by atoms with E-state index in [0.717, 1.165) is 32.5 Å². The summed E-state index contributed by atoms with van der Waals surface area (Å²) in [4.78, 5) is 38.6. The quantitative estimate of drug-likeness (QED) is 0.350. The van der Waals surface area contributed by atoms with Crippen LogP contribution in [0, 0.1) is 5.92 Å². The van der Waals surface area contributed by atoms with E-state index in [0.29, 0.717) is 32.1 Å². The monoisotopic (exact) mass is 499 g/mol. The van der Waals surface area contributed by atoms with Gasteiger partial charge in [-0.25, -0.2) is 4.79 Å². The topological polar surface area (TPSA) is 126 Å². The minimum atomic E-state index is -0.530. The van der Waals surface area contributed by atoms with Crippen molar-refractivity contribution < 1.29 is 23.9 Å². The standard InChI is InChI=1S/C20H37N5O5.2ClH/c1-2-29-19(27)14-24(13-18(21)26)12-9-23-20(28)25-10-5-17(6-11-25)30-15-16-3-7-22-8-4-16;;/h16-17,22H,2-15H2,1H3,(H2,21,26)(H,23,28);2*1H. The van der Waals surface area contributed by atoms with Crippen molar-refractivity contribution >= 4 is 42.7 Å². The molecule has 188 valence electrons. The molecule has 0 radical (unpaired) electrons. The number of hydrogen-bond acceptors (Lipinski definition) is 7. The second-order valence-electron chi connectivity index (χ2n) is 7.93. The smallest absolute Gasteiger partial charge is 0.320 e. The fraction of sp³-hybridized carbons (Fsp3) is 0.850. The molecule has 0 unspecified atom stereocenters. The zero-order valence-corrected chi connectivity index (χ0v) is 20.5. The van der Waals surface area contributed by atoms with Crippen LogP contribution in [0.15, 0.2) is 0 Å². The summed E-state index contributed by atoms with van der Waals surface area (Å²) in [6.45, 7) is 6.84. The van der Waals surface area contributed by atoms with Crippen molar-refractivity contribution in [3.8, 4) is 0 Å². The number of esters is 1. The van der Waals surface area contributed by atoms with E-state index in [9.17, 15) is 14.4 Å². The van der Waals surface area contributed by atoms with E-state index < -0.39 is 11.9 Å². The first-order chi connectivity index (χ1) is 14.5. The first-order valence-electron chi connectivity index (χ1n) is 11.0. The maximum Gasteiger partial charge on any atom is 0.320 e. The molecule has 2 aliphatic heterocycles. The lowest BCUT2D eigenvalue weighted by Crippen LogP contribution is -2.48. The van der Waals surface area contributed by atoms with E-state index >= 15 is 0 Å². The highest BCUT2D eigenvalue weighted by molar-refractivity contribution is 5.85. The lowest BCUT2D eigenvalue weighted by molar-refractivity contribution is -0.144. The van der Waals surface area contributed by atoms with Gasteiger partial charge in [0.2, 0.25) is 5.91 Å². The van der Waals surface area contributed by atoms with Gasteiger partial charge >= 0.3 is 12.0 Å². The first-order valence-corrected chi connectivity index (χ1v) is 11.0. The van der Waals surface area contributed by atoms with E-state index in [1.54, 1.807) is 16.7 Å². The summed E-state index contributed by atoms with van der Waals surface area (Å²) >= 11 is 0. The van der Waals surface area contributed by atoms with Crippen LogP contribution in [0.4, 0.5) is 4.79 Å². The molecule has 0 bridgehead atoms. The van der Waals surface area contributed by atoms with Crippen LogP contribution in [-0.2, 0) is 19.1 Å². The van der Waals surface area contributed by atoms with Crippen molar-refractivity contribution in [1.29, 1.82) is 0 Å². The number of hydrogen-bond donors (Lipinski definition) is 3. The molecule has 2 saturated heterocycles. The van der Waals surface area contributed by atoms with Crippen LogP contribution < -0.4 is 16.4 Å². The van der Waals surface area contributed by atoms with E-state index in [2.05, 4.69) is 10.6 Å². The molecule has 2 heterocycles. The number of likely N-dealkylation sites (tertiary alicyclic amines) is 1.